The second kappa shape index (κ2) is 15.0. The number of urea groups is 2. The van der Waals surface area contributed by atoms with Crippen molar-refractivity contribution in [1.29, 1.82) is 0 Å². The van der Waals surface area contributed by atoms with Crippen LogP contribution in [0.5, 0.6) is 0 Å². The third-order valence-electron chi connectivity index (χ3n) is 6.98. The van der Waals surface area contributed by atoms with Gasteiger partial charge in [-0.3, -0.25) is 0 Å². The van der Waals surface area contributed by atoms with Crippen molar-refractivity contribution in [3.05, 3.63) is 0 Å². The maximum Gasteiger partial charge on any atom is 0.317 e. The largest absolute Gasteiger partial charge is 0.338 e. The minimum Gasteiger partial charge on any atom is -0.338 e. The molecule has 0 aliphatic carbocycles. The highest BCUT2D eigenvalue weighted by molar-refractivity contribution is 7.91. The third-order valence-corrected chi connectivity index (χ3v) is 10.5. The van der Waals surface area contributed by atoms with Gasteiger partial charge in [0, 0.05) is 38.3 Å². The highest BCUT2D eigenvalue weighted by atomic mass is 32.2. The zero-order valence-corrected chi connectivity index (χ0v) is 23.7. The quantitative estimate of drug-likeness (QED) is 0.301. The standard InChI is InChI=1S/C24H46N4O6S2/c1-3-5-15-27(21-11-17-35(31,32)19-21)23(29)25-13-9-7-8-10-14-26-24(30)28(16-6-4-2)22-12-18-36(33,34)20-22/h21-22H,3-20H2,1-2H3,(H,25,29)(H,26,30)/t21-,22+. The summed E-state index contributed by atoms with van der Waals surface area (Å²) in [6, 6.07) is -0.824. The zero-order chi connectivity index (χ0) is 26.6. The van der Waals surface area contributed by atoms with Crippen LogP contribution in [-0.4, -0.2) is 100.0 Å². The number of amides is 4. The lowest BCUT2D eigenvalue weighted by atomic mass is 10.2. The van der Waals surface area contributed by atoms with E-state index in [-0.39, 0.29) is 47.2 Å². The first-order valence-electron chi connectivity index (χ1n) is 13.6. The number of nitrogens with zero attached hydrogens (tertiary/aromatic N) is 2. The normalized spacial score (nSPS) is 22.3. The van der Waals surface area contributed by atoms with Crippen LogP contribution in [0.1, 0.15) is 78.1 Å². The SMILES string of the molecule is CCCCN(C(=O)NCCCCCCNC(=O)N(CCCC)[C@H]1CCS(=O)(=O)C1)[C@@H]1CCS(=O)(=O)C1. The number of carbonyl (C=O) groups excluding carboxylic acids is 2. The number of sulfone groups is 2. The first kappa shape index (κ1) is 30.7. The van der Waals surface area contributed by atoms with Crippen molar-refractivity contribution in [3.8, 4) is 0 Å². The van der Waals surface area contributed by atoms with E-state index in [9.17, 15) is 26.4 Å². The van der Waals surface area contributed by atoms with E-state index in [0.717, 1.165) is 51.4 Å². The summed E-state index contributed by atoms with van der Waals surface area (Å²) in [7, 11) is -6.09. The van der Waals surface area contributed by atoms with E-state index in [4.69, 9.17) is 0 Å². The van der Waals surface area contributed by atoms with E-state index in [2.05, 4.69) is 10.6 Å². The Hall–Kier alpha value is -1.56. The molecule has 2 heterocycles. The Labute approximate surface area is 217 Å². The minimum atomic E-state index is -3.05. The van der Waals surface area contributed by atoms with Crippen LogP contribution < -0.4 is 10.6 Å². The number of unbranched alkanes of at least 4 members (excludes halogenated alkanes) is 5. The summed E-state index contributed by atoms with van der Waals surface area (Å²) in [6.07, 6.45) is 8.04. The van der Waals surface area contributed by atoms with Crippen molar-refractivity contribution in [2.24, 2.45) is 0 Å². The monoisotopic (exact) mass is 550 g/mol. The van der Waals surface area contributed by atoms with E-state index in [1.54, 1.807) is 9.80 Å². The van der Waals surface area contributed by atoms with Gasteiger partial charge in [0.05, 0.1) is 23.0 Å². The van der Waals surface area contributed by atoms with Crippen LogP contribution in [0.3, 0.4) is 0 Å². The van der Waals surface area contributed by atoms with Crippen LogP contribution in [-0.2, 0) is 19.7 Å². The van der Waals surface area contributed by atoms with Gasteiger partial charge in [0.2, 0.25) is 0 Å². The van der Waals surface area contributed by atoms with Gasteiger partial charge in [-0.15, -0.1) is 0 Å². The molecular weight excluding hydrogens is 504 g/mol. The molecular formula is C24H46N4O6S2. The fourth-order valence-corrected chi connectivity index (χ4v) is 8.26. The predicted octanol–water partition coefficient (Wildman–Crippen LogP) is 2.54. The molecule has 210 valence electrons. The first-order valence-corrected chi connectivity index (χ1v) is 17.2. The Kier molecular flexibility index (Phi) is 12.8. The number of carbonyl (C=O) groups is 2. The summed E-state index contributed by atoms with van der Waals surface area (Å²) in [4.78, 5) is 28.7. The Bertz CT molecular complexity index is 836. The fourth-order valence-electron chi connectivity index (χ4n) is 4.80. The topological polar surface area (TPSA) is 133 Å². The van der Waals surface area contributed by atoms with Gasteiger partial charge < -0.3 is 20.4 Å². The molecule has 2 atom stereocenters. The molecule has 10 nitrogen and oxygen atoms in total. The van der Waals surface area contributed by atoms with Gasteiger partial charge in [0.1, 0.15) is 0 Å². The molecule has 0 bridgehead atoms. The molecule has 4 amide bonds. The highest BCUT2D eigenvalue weighted by Crippen LogP contribution is 2.20. The van der Waals surface area contributed by atoms with Crippen molar-refractivity contribution in [3.63, 3.8) is 0 Å². The van der Waals surface area contributed by atoms with Gasteiger partial charge in [0.25, 0.3) is 0 Å². The van der Waals surface area contributed by atoms with E-state index in [1.807, 2.05) is 13.8 Å². The highest BCUT2D eigenvalue weighted by Gasteiger charge is 2.35. The molecule has 2 N–H and O–H groups in total. The van der Waals surface area contributed by atoms with Gasteiger partial charge >= 0.3 is 12.1 Å². The molecule has 0 saturated carbocycles. The Morgan fingerprint density at radius 1 is 0.667 bits per heavy atom. The molecule has 0 spiro atoms. The Morgan fingerprint density at radius 3 is 1.36 bits per heavy atom. The zero-order valence-electron chi connectivity index (χ0n) is 22.0. The molecule has 36 heavy (non-hydrogen) atoms. The average Bonchev–Trinajstić information content (AvgIpc) is 3.36. The smallest absolute Gasteiger partial charge is 0.317 e. The van der Waals surface area contributed by atoms with Crippen LogP contribution in [0.15, 0.2) is 0 Å². The van der Waals surface area contributed by atoms with Crippen LogP contribution in [0, 0.1) is 0 Å². The molecule has 0 aromatic carbocycles. The number of hydrogen-bond acceptors (Lipinski definition) is 6. The van der Waals surface area contributed by atoms with Crippen molar-refractivity contribution >= 4 is 31.7 Å². The van der Waals surface area contributed by atoms with Gasteiger partial charge in [-0.2, -0.15) is 0 Å². The lowest BCUT2D eigenvalue weighted by Gasteiger charge is -2.28. The summed E-state index contributed by atoms with van der Waals surface area (Å²) in [5.41, 5.74) is 0. The molecule has 2 aliphatic heterocycles. The van der Waals surface area contributed by atoms with Gasteiger partial charge in [-0.25, -0.2) is 26.4 Å². The van der Waals surface area contributed by atoms with Crippen LogP contribution >= 0.6 is 0 Å². The van der Waals surface area contributed by atoms with Gasteiger partial charge in [0.15, 0.2) is 19.7 Å². The molecule has 2 aliphatic rings. The number of rotatable bonds is 15. The van der Waals surface area contributed by atoms with Crippen LogP contribution in [0.2, 0.25) is 0 Å². The van der Waals surface area contributed by atoms with E-state index in [0.29, 0.717) is 39.0 Å². The summed E-state index contributed by atoms with van der Waals surface area (Å²) in [6.45, 7) is 6.31. The Morgan fingerprint density at radius 2 is 1.06 bits per heavy atom. The van der Waals surface area contributed by atoms with E-state index >= 15 is 0 Å². The van der Waals surface area contributed by atoms with E-state index in [1.165, 1.54) is 0 Å². The summed E-state index contributed by atoms with van der Waals surface area (Å²) >= 11 is 0. The first-order chi connectivity index (χ1) is 17.1. The Balaban J connectivity index is 1.64. The lowest BCUT2D eigenvalue weighted by Crippen LogP contribution is -2.47. The molecule has 12 heteroatoms. The maximum absolute atomic E-state index is 12.7. The average molecular weight is 551 g/mol. The van der Waals surface area contributed by atoms with Crippen molar-refractivity contribution in [1.82, 2.24) is 20.4 Å². The second-order valence-electron chi connectivity index (χ2n) is 10.1. The number of hydrogen-bond donors (Lipinski definition) is 2. The number of nitrogens with one attached hydrogen (secondary N) is 2. The molecule has 0 aromatic heterocycles. The summed E-state index contributed by atoms with van der Waals surface area (Å²) in [5, 5.41) is 5.89. The molecule has 0 aromatic rings. The van der Waals surface area contributed by atoms with Gasteiger partial charge in [-0.1, -0.05) is 39.5 Å². The third kappa shape index (κ3) is 10.4. The molecule has 0 unspecified atom stereocenters. The van der Waals surface area contributed by atoms with Gasteiger partial charge in [-0.05, 0) is 38.5 Å². The van der Waals surface area contributed by atoms with Crippen molar-refractivity contribution in [2.75, 3.05) is 49.2 Å². The molecule has 0 radical (unpaired) electrons. The van der Waals surface area contributed by atoms with Crippen molar-refractivity contribution < 1.29 is 26.4 Å². The fraction of sp³-hybridized carbons (Fsp3) is 0.917. The summed E-state index contributed by atoms with van der Waals surface area (Å²) in [5.74, 6) is 0.422. The molecule has 2 fully saturated rings. The maximum atomic E-state index is 12.7. The van der Waals surface area contributed by atoms with Crippen molar-refractivity contribution in [2.45, 2.75) is 90.1 Å². The molecule has 2 rings (SSSR count). The second-order valence-corrected chi connectivity index (χ2v) is 14.5. The molecule has 2 saturated heterocycles. The van der Waals surface area contributed by atoms with Crippen LogP contribution in [0.25, 0.3) is 0 Å². The summed E-state index contributed by atoms with van der Waals surface area (Å²) < 4.78 is 47.3. The van der Waals surface area contributed by atoms with E-state index < -0.39 is 19.7 Å². The predicted molar refractivity (Wildman–Crippen MR) is 143 cm³/mol. The minimum absolute atomic E-state index is 0.0578. The van der Waals surface area contributed by atoms with Crippen LogP contribution in [0.4, 0.5) is 9.59 Å². The lowest BCUT2D eigenvalue weighted by molar-refractivity contribution is 0.177.